The number of amides is 3. The van der Waals surface area contributed by atoms with Crippen LogP contribution in [-0.4, -0.2) is 54.2 Å². The van der Waals surface area contributed by atoms with Crippen molar-refractivity contribution in [3.8, 4) is 0 Å². The summed E-state index contributed by atoms with van der Waals surface area (Å²) in [6.07, 6.45) is -0.123. The Morgan fingerprint density at radius 1 is 1.21 bits per heavy atom. The molecule has 108 valence electrons. The summed E-state index contributed by atoms with van der Waals surface area (Å²) in [6, 6.07) is -0.445. The second-order valence-corrected chi connectivity index (χ2v) is 5.36. The molecule has 1 saturated heterocycles. The average molecular weight is 272 g/mol. The third-order valence-corrected chi connectivity index (χ3v) is 2.81. The number of ether oxygens (including phenoxy) is 1. The minimum atomic E-state index is -0.961. The van der Waals surface area contributed by atoms with E-state index in [4.69, 9.17) is 9.84 Å². The summed E-state index contributed by atoms with van der Waals surface area (Å²) in [7, 11) is 0. The maximum Gasteiger partial charge on any atom is 0.324 e. The van der Waals surface area contributed by atoms with Gasteiger partial charge in [-0.1, -0.05) is 13.8 Å². The molecule has 1 aliphatic rings. The van der Waals surface area contributed by atoms with Gasteiger partial charge < -0.3 is 14.7 Å². The molecule has 0 unspecified atom stereocenters. The Morgan fingerprint density at radius 2 is 1.79 bits per heavy atom. The predicted molar refractivity (Wildman–Crippen MR) is 66.6 cm³/mol. The summed E-state index contributed by atoms with van der Waals surface area (Å²) < 4.78 is 5.11. The van der Waals surface area contributed by atoms with E-state index in [0.29, 0.717) is 26.3 Å². The van der Waals surface area contributed by atoms with Crippen LogP contribution in [0.4, 0.5) is 4.79 Å². The van der Waals surface area contributed by atoms with E-state index >= 15 is 0 Å². The standard InChI is InChI=1S/C12H20N2O5/c1-12(2,8-10(16)17)7-9(15)13-11(18)14-3-5-19-6-4-14/h3-8H2,1-2H3,(H,16,17)(H,13,15,18). The lowest BCUT2D eigenvalue weighted by Crippen LogP contribution is -2.48. The fourth-order valence-corrected chi connectivity index (χ4v) is 1.92. The highest BCUT2D eigenvalue weighted by Crippen LogP contribution is 2.24. The summed E-state index contributed by atoms with van der Waals surface area (Å²) in [5.41, 5.74) is -0.679. The summed E-state index contributed by atoms with van der Waals surface area (Å²) >= 11 is 0. The molecule has 7 heteroatoms. The minimum Gasteiger partial charge on any atom is -0.481 e. The van der Waals surface area contributed by atoms with E-state index < -0.39 is 23.3 Å². The van der Waals surface area contributed by atoms with Crippen LogP contribution in [0.3, 0.4) is 0 Å². The van der Waals surface area contributed by atoms with Crippen molar-refractivity contribution in [1.29, 1.82) is 0 Å². The van der Waals surface area contributed by atoms with Crippen molar-refractivity contribution in [2.24, 2.45) is 5.41 Å². The highest BCUT2D eigenvalue weighted by Gasteiger charge is 2.27. The number of carboxylic acid groups (broad SMARTS) is 1. The van der Waals surface area contributed by atoms with Crippen LogP contribution in [0.15, 0.2) is 0 Å². The van der Waals surface area contributed by atoms with Crippen LogP contribution >= 0.6 is 0 Å². The lowest BCUT2D eigenvalue weighted by atomic mass is 9.85. The van der Waals surface area contributed by atoms with E-state index in [9.17, 15) is 14.4 Å². The zero-order valence-corrected chi connectivity index (χ0v) is 11.3. The molecule has 0 aromatic rings. The predicted octanol–water partition coefficient (Wildman–Crippen LogP) is 0.446. The molecule has 1 rings (SSSR count). The number of hydrogen-bond donors (Lipinski definition) is 2. The number of carbonyl (C=O) groups excluding carboxylic acids is 2. The second kappa shape index (κ2) is 6.51. The fraction of sp³-hybridized carbons (Fsp3) is 0.750. The lowest BCUT2D eigenvalue weighted by Gasteiger charge is -2.27. The third-order valence-electron chi connectivity index (χ3n) is 2.81. The maximum absolute atomic E-state index is 11.7. The molecule has 1 aliphatic heterocycles. The Balaban J connectivity index is 2.41. The number of imide groups is 1. The number of aliphatic carboxylic acids is 1. The first kappa shape index (κ1) is 15.4. The molecule has 0 aromatic heterocycles. The van der Waals surface area contributed by atoms with E-state index in [-0.39, 0.29) is 12.8 Å². The number of nitrogens with zero attached hydrogens (tertiary/aromatic N) is 1. The number of morpholine rings is 1. The fourth-order valence-electron chi connectivity index (χ4n) is 1.92. The largest absolute Gasteiger partial charge is 0.481 e. The number of carboxylic acids is 1. The molecule has 1 heterocycles. The average Bonchev–Trinajstić information content (AvgIpc) is 2.27. The van der Waals surface area contributed by atoms with E-state index in [1.807, 2.05) is 0 Å². The highest BCUT2D eigenvalue weighted by atomic mass is 16.5. The van der Waals surface area contributed by atoms with Gasteiger partial charge in [-0.2, -0.15) is 0 Å². The Kier molecular flexibility index (Phi) is 5.29. The van der Waals surface area contributed by atoms with Crippen molar-refractivity contribution in [3.05, 3.63) is 0 Å². The van der Waals surface area contributed by atoms with Crippen molar-refractivity contribution >= 4 is 17.9 Å². The zero-order chi connectivity index (χ0) is 14.5. The Hall–Kier alpha value is -1.63. The van der Waals surface area contributed by atoms with Gasteiger partial charge in [0.05, 0.1) is 19.6 Å². The molecule has 0 radical (unpaired) electrons. The maximum atomic E-state index is 11.7. The lowest BCUT2D eigenvalue weighted by molar-refractivity contribution is -0.139. The van der Waals surface area contributed by atoms with Crippen LogP contribution in [0.2, 0.25) is 0 Å². The number of urea groups is 1. The van der Waals surface area contributed by atoms with Gasteiger partial charge >= 0.3 is 12.0 Å². The van der Waals surface area contributed by atoms with E-state index in [2.05, 4.69) is 5.32 Å². The number of hydrogen-bond acceptors (Lipinski definition) is 4. The van der Waals surface area contributed by atoms with Crippen LogP contribution < -0.4 is 5.32 Å². The van der Waals surface area contributed by atoms with Crippen molar-refractivity contribution in [1.82, 2.24) is 10.2 Å². The molecule has 0 saturated carbocycles. The quantitative estimate of drug-likeness (QED) is 0.774. The van der Waals surface area contributed by atoms with E-state index in [1.54, 1.807) is 13.8 Å². The second-order valence-electron chi connectivity index (χ2n) is 5.36. The molecule has 3 amide bonds. The Bertz CT molecular complexity index is 361. The molecule has 19 heavy (non-hydrogen) atoms. The van der Waals surface area contributed by atoms with Crippen molar-refractivity contribution in [3.63, 3.8) is 0 Å². The Morgan fingerprint density at radius 3 is 2.32 bits per heavy atom. The van der Waals surface area contributed by atoms with Crippen LogP contribution in [0.1, 0.15) is 26.7 Å². The van der Waals surface area contributed by atoms with Crippen molar-refractivity contribution < 1.29 is 24.2 Å². The molecular formula is C12H20N2O5. The molecule has 1 fully saturated rings. The summed E-state index contributed by atoms with van der Waals surface area (Å²) in [5, 5.41) is 11.0. The van der Waals surface area contributed by atoms with Gasteiger partial charge in [0.25, 0.3) is 0 Å². The van der Waals surface area contributed by atoms with Crippen LogP contribution in [-0.2, 0) is 14.3 Å². The van der Waals surface area contributed by atoms with Gasteiger partial charge in [0.2, 0.25) is 5.91 Å². The molecule has 0 bridgehead atoms. The van der Waals surface area contributed by atoms with Crippen molar-refractivity contribution in [2.75, 3.05) is 26.3 Å². The first-order valence-electron chi connectivity index (χ1n) is 6.18. The van der Waals surface area contributed by atoms with Crippen LogP contribution in [0.25, 0.3) is 0 Å². The SMILES string of the molecule is CC(C)(CC(=O)O)CC(=O)NC(=O)N1CCOCC1. The molecule has 0 spiro atoms. The molecule has 0 aliphatic carbocycles. The zero-order valence-electron chi connectivity index (χ0n) is 11.3. The molecule has 2 N–H and O–H groups in total. The molecular weight excluding hydrogens is 252 g/mol. The summed E-state index contributed by atoms with van der Waals surface area (Å²) in [5.74, 6) is -1.42. The van der Waals surface area contributed by atoms with Gasteiger partial charge in [0.1, 0.15) is 0 Å². The van der Waals surface area contributed by atoms with Gasteiger partial charge in [-0.15, -0.1) is 0 Å². The number of rotatable bonds is 4. The summed E-state index contributed by atoms with van der Waals surface area (Å²) in [6.45, 7) is 5.20. The van der Waals surface area contributed by atoms with Gasteiger partial charge in [-0.3, -0.25) is 14.9 Å². The first-order valence-corrected chi connectivity index (χ1v) is 6.18. The first-order chi connectivity index (χ1) is 8.80. The molecule has 7 nitrogen and oxygen atoms in total. The normalized spacial score (nSPS) is 16.0. The van der Waals surface area contributed by atoms with Crippen LogP contribution in [0.5, 0.6) is 0 Å². The van der Waals surface area contributed by atoms with Gasteiger partial charge in [0, 0.05) is 19.5 Å². The highest BCUT2D eigenvalue weighted by molar-refractivity contribution is 5.94. The van der Waals surface area contributed by atoms with Crippen LogP contribution in [0, 0.1) is 5.41 Å². The molecule has 0 aromatic carbocycles. The van der Waals surface area contributed by atoms with E-state index in [1.165, 1.54) is 4.90 Å². The van der Waals surface area contributed by atoms with Gasteiger partial charge in [-0.25, -0.2) is 4.79 Å². The smallest absolute Gasteiger partial charge is 0.324 e. The third kappa shape index (κ3) is 5.69. The number of nitrogens with one attached hydrogen (secondary N) is 1. The van der Waals surface area contributed by atoms with Gasteiger partial charge in [-0.05, 0) is 5.41 Å². The van der Waals surface area contributed by atoms with Crippen molar-refractivity contribution in [2.45, 2.75) is 26.7 Å². The number of carbonyl (C=O) groups is 3. The molecule has 0 atom stereocenters. The van der Waals surface area contributed by atoms with E-state index in [0.717, 1.165) is 0 Å². The monoisotopic (exact) mass is 272 g/mol. The topological polar surface area (TPSA) is 95.9 Å². The van der Waals surface area contributed by atoms with Gasteiger partial charge in [0.15, 0.2) is 0 Å². The Labute approximate surface area is 111 Å². The minimum absolute atomic E-state index is 0.00458. The summed E-state index contributed by atoms with van der Waals surface area (Å²) in [4.78, 5) is 35.6.